The van der Waals surface area contributed by atoms with E-state index in [1.807, 2.05) is 44.2 Å². The summed E-state index contributed by atoms with van der Waals surface area (Å²) in [6.07, 6.45) is 4.21. The summed E-state index contributed by atoms with van der Waals surface area (Å²) in [7, 11) is 0. The number of benzene rings is 1. The Bertz CT molecular complexity index is 339. The summed E-state index contributed by atoms with van der Waals surface area (Å²) in [5, 5.41) is 0. The van der Waals surface area contributed by atoms with Gasteiger partial charge in [0.05, 0.1) is 0 Å². The van der Waals surface area contributed by atoms with E-state index in [0.29, 0.717) is 0 Å². The number of carbonyl (C=O) groups excluding carboxylic acids is 2. The number of hydrogen-bond donors (Lipinski definition) is 0. The predicted octanol–water partition coefficient (Wildman–Crippen LogP) is 3.14. The Morgan fingerprint density at radius 3 is 2.12 bits per heavy atom. The zero-order valence-corrected chi connectivity index (χ0v) is 10.0. The van der Waals surface area contributed by atoms with Gasteiger partial charge in [-0.3, -0.25) is 4.79 Å². The first kappa shape index (κ1) is 14.3. The second-order valence-corrected chi connectivity index (χ2v) is 3.45. The molecule has 0 aliphatic rings. The third-order valence-corrected chi connectivity index (χ3v) is 1.93. The maximum Gasteiger partial charge on any atom is 0.152 e. The van der Waals surface area contributed by atoms with Gasteiger partial charge in [-0.1, -0.05) is 43.3 Å². The molecule has 0 fully saturated rings. The summed E-state index contributed by atoms with van der Waals surface area (Å²) in [4.78, 5) is 20.3. The van der Waals surface area contributed by atoms with Crippen LogP contribution in [0.15, 0.2) is 42.5 Å². The molecule has 1 aromatic rings. The minimum absolute atomic E-state index is 0.0289. The maximum absolute atomic E-state index is 10.3. The molecule has 2 heteroatoms. The highest BCUT2D eigenvalue weighted by Crippen LogP contribution is 2.10. The molecule has 0 N–H and O–H groups in total. The van der Waals surface area contributed by atoms with Gasteiger partial charge in [0.15, 0.2) is 5.78 Å². The molecule has 1 rings (SSSR count). The lowest BCUT2D eigenvalue weighted by Gasteiger charge is -2.00. The molecule has 0 heterocycles. The number of ketones is 1. The van der Waals surface area contributed by atoms with Crippen molar-refractivity contribution in [3.05, 3.63) is 48.0 Å². The van der Waals surface area contributed by atoms with Crippen molar-refractivity contribution in [3.63, 3.8) is 0 Å². The lowest BCUT2D eigenvalue weighted by Crippen LogP contribution is -1.92. The summed E-state index contributed by atoms with van der Waals surface area (Å²) in [5.74, 6) is 0.138. The zero-order valence-electron chi connectivity index (χ0n) is 10.0. The second-order valence-electron chi connectivity index (χ2n) is 3.45. The average molecular weight is 218 g/mol. The predicted molar refractivity (Wildman–Crippen MR) is 66.4 cm³/mol. The van der Waals surface area contributed by atoms with Gasteiger partial charge in [0.2, 0.25) is 0 Å². The number of allylic oxidation sites excluding steroid dienone is 2. The summed E-state index contributed by atoms with van der Waals surface area (Å²) in [5.41, 5.74) is 1.08. The molecular weight excluding hydrogens is 200 g/mol. The molecule has 86 valence electrons. The SMILES string of the molecule is C/C=C/C(C)=O.CC(C=O)c1ccccc1. The summed E-state index contributed by atoms with van der Waals surface area (Å²) in [6.45, 7) is 5.24. The van der Waals surface area contributed by atoms with Gasteiger partial charge in [0.1, 0.15) is 6.29 Å². The Kier molecular flexibility index (Phi) is 7.68. The van der Waals surface area contributed by atoms with E-state index in [4.69, 9.17) is 0 Å². The van der Waals surface area contributed by atoms with Crippen molar-refractivity contribution in [2.24, 2.45) is 0 Å². The van der Waals surface area contributed by atoms with Crippen molar-refractivity contribution in [1.82, 2.24) is 0 Å². The van der Waals surface area contributed by atoms with E-state index in [-0.39, 0.29) is 11.7 Å². The van der Waals surface area contributed by atoms with Crippen LogP contribution >= 0.6 is 0 Å². The fraction of sp³-hybridized carbons (Fsp3) is 0.286. The van der Waals surface area contributed by atoms with Crippen LogP contribution in [0, 0.1) is 0 Å². The quantitative estimate of drug-likeness (QED) is 0.577. The van der Waals surface area contributed by atoms with Gasteiger partial charge in [-0.25, -0.2) is 0 Å². The van der Waals surface area contributed by atoms with E-state index >= 15 is 0 Å². The number of rotatable bonds is 3. The lowest BCUT2D eigenvalue weighted by molar-refractivity contribution is -0.112. The standard InChI is InChI=1S/C9H10O.C5H8O/c1-8(7-10)9-5-3-2-4-6-9;1-3-4-5(2)6/h2-8H,1H3;3-4H,1-2H3/b;4-3+. The molecular formula is C14H18O2. The molecule has 0 saturated carbocycles. The summed E-state index contributed by atoms with van der Waals surface area (Å²) >= 11 is 0. The van der Waals surface area contributed by atoms with Crippen molar-refractivity contribution in [1.29, 1.82) is 0 Å². The van der Waals surface area contributed by atoms with Gasteiger partial charge in [0.25, 0.3) is 0 Å². The Morgan fingerprint density at radius 1 is 1.25 bits per heavy atom. The monoisotopic (exact) mass is 218 g/mol. The van der Waals surface area contributed by atoms with Gasteiger partial charge in [-0.2, -0.15) is 0 Å². The van der Waals surface area contributed by atoms with Crippen molar-refractivity contribution >= 4 is 12.1 Å². The maximum atomic E-state index is 10.3. The normalized spacial score (nSPS) is 11.4. The first-order valence-corrected chi connectivity index (χ1v) is 5.25. The minimum atomic E-state index is 0.0289. The highest BCUT2D eigenvalue weighted by molar-refractivity contribution is 5.87. The zero-order chi connectivity index (χ0) is 12.4. The first-order valence-electron chi connectivity index (χ1n) is 5.25. The van der Waals surface area contributed by atoms with E-state index in [0.717, 1.165) is 11.8 Å². The van der Waals surface area contributed by atoms with Gasteiger partial charge >= 0.3 is 0 Å². The Hall–Kier alpha value is -1.70. The molecule has 0 spiro atoms. The largest absolute Gasteiger partial charge is 0.303 e. The van der Waals surface area contributed by atoms with Crippen LogP contribution in [0.3, 0.4) is 0 Å². The third kappa shape index (κ3) is 6.71. The average Bonchev–Trinajstić information content (AvgIpc) is 2.30. The fourth-order valence-corrected chi connectivity index (χ4v) is 1.07. The van der Waals surface area contributed by atoms with Crippen molar-refractivity contribution < 1.29 is 9.59 Å². The molecule has 1 unspecified atom stereocenters. The highest BCUT2D eigenvalue weighted by Gasteiger charge is 1.99. The Balaban J connectivity index is 0.000000325. The van der Waals surface area contributed by atoms with Gasteiger partial charge in [-0.05, 0) is 25.5 Å². The van der Waals surface area contributed by atoms with Gasteiger partial charge in [0, 0.05) is 5.92 Å². The minimum Gasteiger partial charge on any atom is -0.303 e. The van der Waals surface area contributed by atoms with Crippen LogP contribution in [0.5, 0.6) is 0 Å². The van der Waals surface area contributed by atoms with Crippen LogP contribution in [0.2, 0.25) is 0 Å². The summed E-state index contributed by atoms with van der Waals surface area (Å²) in [6, 6.07) is 9.74. The van der Waals surface area contributed by atoms with E-state index in [1.165, 1.54) is 13.0 Å². The van der Waals surface area contributed by atoms with Crippen molar-refractivity contribution in [2.75, 3.05) is 0 Å². The summed E-state index contributed by atoms with van der Waals surface area (Å²) < 4.78 is 0. The molecule has 16 heavy (non-hydrogen) atoms. The van der Waals surface area contributed by atoms with E-state index in [1.54, 1.807) is 6.08 Å². The molecule has 0 radical (unpaired) electrons. The van der Waals surface area contributed by atoms with Gasteiger partial charge < -0.3 is 4.79 Å². The Labute approximate surface area is 97.0 Å². The highest BCUT2D eigenvalue weighted by atomic mass is 16.1. The molecule has 1 aromatic carbocycles. The number of hydrogen-bond acceptors (Lipinski definition) is 2. The van der Waals surface area contributed by atoms with E-state index in [9.17, 15) is 9.59 Å². The number of carbonyl (C=O) groups is 2. The van der Waals surface area contributed by atoms with Crippen molar-refractivity contribution in [3.8, 4) is 0 Å². The molecule has 0 amide bonds. The third-order valence-electron chi connectivity index (χ3n) is 1.93. The molecule has 1 atom stereocenters. The van der Waals surface area contributed by atoms with Crippen LogP contribution in [0.4, 0.5) is 0 Å². The van der Waals surface area contributed by atoms with Crippen LogP contribution in [-0.4, -0.2) is 12.1 Å². The number of aldehydes is 1. The molecule has 2 nitrogen and oxygen atoms in total. The topological polar surface area (TPSA) is 34.1 Å². The molecule has 0 aliphatic carbocycles. The van der Waals surface area contributed by atoms with Crippen LogP contribution < -0.4 is 0 Å². The molecule has 0 aliphatic heterocycles. The smallest absolute Gasteiger partial charge is 0.152 e. The Morgan fingerprint density at radius 2 is 1.81 bits per heavy atom. The van der Waals surface area contributed by atoms with Crippen molar-refractivity contribution in [2.45, 2.75) is 26.7 Å². The van der Waals surface area contributed by atoms with Crippen LogP contribution in [0.25, 0.3) is 0 Å². The molecule has 0 bridgehead atoms. The fourth-order valence-electron chi connectivity index (χ4n) is 1.07. The van der Waals surface area contributed by atoms with E-state index in [2.05, 4.69) is 0 Å². The molecule has 0 saturated heterocycles. The first-order chi connectivity index (χ1) is 7.61. The second kappa shape index (κ2) is 8.60. The van der Waals surface area contributed by atoms with Crippen LogP contribution in [0.1, 0.15) is 32.3 Å². The lowest BCUT2D eigenvalue weighted by atomic mass is 10.0. The van der Waals surface area contributed by atoms with Crippen LogP contribution in [-0.2, 0) is 9.59 Å². The van der Waals surface area contributed by atoms with Gasteiger partial charge in [-0.15, -0.1) is 0 Å². The molecule has 0 aromatic heterocycles. The van der Waals surface area contributed by atoms with E-state index < -0.39 is 0 Å².